The Kier molecular flexibility index (Phi) is 7.40. The molecule has 0 spiro atoms. The van der Waals surface area contributed by atoms with Gasteiger partial charge in [-0.2, -0.15) is 0 Å². The topological polar surface area (TPSA) is 120 Å². The smallest absolute Gasteiger partial charge is 0.319 e. The molecule has 4 amide bonds. The van der Waals surface area contributed by atoms with Gasteiger partial charge in [-0.25, -0.2) is 10.3 Å². The van der Waals surface area contributed by atoms with E-state index in [0.717, 1.165) is 38.5 Å². The maximum Gasteiger partial charge on any atom is 0.319 e. The highest BCUT2D eigenvalue weighted by Crippen LogP contribution is 2.66. The summed E-state index contributed by atoms with van der Waals surface area (Å²) < 4.78 is 0. The van der Waals surface area contributed by atoms with Gasteiger partial charge in [0.25, 0.3) is 5.91 Å². The van der Waals surface area contributed by atoms with Crippen molar-refractivity contribution >= 4 is 23.5 Å². The number of urea groups is 1. The van der Waals surface area contributed by atoms with Crippen LogP contribution in [0.4, 0.5) is 10.5 Å². The fraction of sp³-hybridized carbons (Fsp3) is 0.667. The maximum absolute atomic E-state index is 12.9. The number of amides is 4. The summed E-state index contributed by atoms with van der Waals surface area (Å²) in [4.78, 5) is 36.2. The molecule has 0 heterocycles. The molecule has 192 valence electrons. The molecule has 5 N–H and O–H groups in total. The Morgan fingerprint density at radius 3 is 2.20 bits per heavy atom. The number of carbonyl (C=O) groups excluding carboxylic acids is 3. The van der Waals surface area contributed by atoms with E-state index in [0.29, 0.717) is 47.4 Å². The average Bonchev–Trinajstić information content (AvgIpc) is 2.75. The van der Waals surface area contributed by atoms with Crippen LogP contribution in [0.25, 0.3) is 0 Å². The third-order valence-electron chi connectivity index (χ3n) is 8.15. The van der Waals surface area contributed by atoms with Crippen LogP contribution in [0, 0.1) is 16.7 Å². The third-order valence-corrected chi connectivity index (χ3v) is 8.15. The first-order chi connectivity index (χ1) is 16.6. The van der Waals surface area contributed by atoms with Crippen LogP contribution in [-0.2, 0) is 4.79 Å². The van der Waals surface area contributed by atoms with Crippen LogP contribution in [0.1, 0.15) is 94.8 Å². The number of rotatable bonds is 10. The molecule has 5 rings (SSSR count). The van der Waals surface area contributed by atoms with Gasteiger partial charge in [0.2, 0.25) is 5.91 Å². The Hall–Kier alpha value is -2.61. The van der Waals surface area contributed by atoms with Gasteiger partial charge in [0, 0.05) is 29.8 Å². The first-order valence-electron chi connectivity index (χ1n) is 13.0. The minimum atomic E-state index is -0.370. The summed E-state index contributed by atoms with van der Waals surface area (Å²) in [6.07, 6.45) is 10.7. The van der Waals surface area contributed by atoms with Gasteiger partial charge in [-0.15, -0.1) is 0 Å². The molecule has 0 aliphatic heterocycles. The van der Waals surface area contributed by atoms with Crippen LogP contribution < -0.4 is 21.4 Å². The summed E-state index contributed by atoms with van der Waals surface area (Å²) in [5.41, 5.74) is 3.43. The molecule has 4 fully saturated rings. The van der Waals surface area contributed by atoms with Crippen molar-refractivity contribution in [2.75, 3.05) is 11.9 Å². The molecule has 8 nitrogen and oxygen atoms in total. The predicted octanol–water partition coefficient (Wildman–Crippen LogP) is 4.74. The molecule has 4 aliphatic carbocycles. The molecule has 0 aromatic heterocycles. The van der Waals surface area contributed by atoms with E-state index in [1.165, 1.54) is 19.3 Å². The molecular weight excluding hydrogens is 444 g/mol. The highest BCUT2D eigenvalue weighted by atomic mass is 16.5. The first-order valence-corrected chi connectivity index (χ1v) is 13.0. The van der Waals surface area contributed by atoms with Gasteiger partial charge < -0.3 is 16.0 Å². The van der Waals surface area contributed by atoms with Gasteiger partial charge in [0.1, 0.15) is 0 Å². The number of hydrogen-bond donors (Lipinski definition) is 5. The van der Waals surface area contributed by atoms with Crippen LogP contribution in [-0.4, -0.2) is 35.1 Å². The number of unbranched alkanes of at least 4 members (excludes halogenated alkanes) is 3. The normalized spacial score (nSPS) is 30.5. The van der Waals surface area contributed by atoms with Crippen molar-refractivity contribution in [1.82, 2.24) is 16.1 Å². The molecule has 0 saturated heterocycles. The minimum Gasteiger partial charge on any atom is -0.352 e. The number of benzene rings is 1. The Balaban J connectivity index is 1.20. The molecule has 0 radical (unpaired) electrons. The lowest BCUT2D eigenvalue weighted by molar-refractivity contribution is -0.129. The molecular formula is C27H40N4O4. The van der Waals surface area contributed by atoms with Crippen molar-refractivity contribution in [3.8, 4) is 0 Å². The van der Waals surface area contributed by atoms with Crippen molar-refractivity contribution in [1.29, 1.82) is 0 Å². The maximum atomic E-state index is 12.9. The number of carbonyl (C=O) groups is 3. The number of hydroxylamine groups is 1. The summed E-state index contributed by atoms with van der Waals surface area (Å²) in [5, 5.41) is 17.7. The van der Waals surface area contributed by atoms with E-state index in [4.69, 9.17) is 5.21 Å². The molecule has 1 aromatic rings. The van der Waals surface area contributed by atoms with Crippen LogP contribution in [0.15, 0.2) is 24.3 Å². The molecule has 4 bridgehead atoms. The molecule has 2 unspecified atom stereocenters. The zero-order valence-corrected chi connectivity index (χ0v) is 21.0. The Morgan fingerprint density at radius 1 is 0.914 bits per heavy atom. The Morgan fingerprint density at radius 2 is 1.57 bits per heavy atom. The van der Waals surface area contributed by atoms with Gasteiger partial charge in [0.15, 0.2) is 0 Å². The summed E-state index contributed by atoms with van der Waals surface area (Å²) in [6, 6.07) is 6.83. The molecule has 1 aromatic carbocycles. The van der Waals surface area contributed by atoms with Gasteiger partial charge in [-0.05, 0) is 92.4 Å². The molecule has 8 heteroatoms. The largest absolute Gasteiger partial charge is 0.352 e. The van der Waals surface area contributed by atoms with E-state index in [1.807, 2.05) is 0 Å². The fourth-order valence-electron chi connectivity index (χ4n) is 7.82. The zero-order valence-electron chi connectivity index (χ0n) is 21.0. The second-order valence-electron chi connectivity index (χ2n) is 12.0. The summed E-state index contributed by atoms with van der Waals surface area (Å²) in [7, 11) is 0. The number of hydrogen-bond acceptors (Lipinski definition) is 4. The van der Waals surface area contributed by atoms with Crippen LogP contribution >= 0.6 is 0 Å². The van der Waals surface area contributed by atoms with Crippen molar-refractivity contribution in [3.63, 3.8) is 0 Å². The highest BCUT2D eigenvalue weighted by Gasteiger charge is 2.60. The third kappa shape index (κ3) is 6.34. The minimum absolute atomic E-state index is 0.0991. The van der Waals surface area contributed by atoms with Crippen molar-refractivity contribution < 1.29 is 19.6 Å². The van der Waals surface area contributed by atoms with E-state index in [1.54, 1.807) is 29.7 Å². The van der Waals surface area contributed by atoms with Gasteiger partial charge in [-0.1, -0.05) is 26.7 Å². The SMILES string of the molecule is CC12CC3CC(C)(C1)CC(NC(=O)Nc1ccc(C(=O)NCCCCCCC(=O)NO)cc1)(C3)C2. The summed E-state index contributed by atoms with van der Waals surface area (Å²) in [6.45, 7) is 5.36. The lowest BCUT2D eigenvalue weighted by atomic mass is 9.43. The van der Waals surface area contributed by atoms with Crippen molar-refractivity contribution in [2.24, 2.45) is 16.7 Å². The Labute approximate surface area is 208 Å². The van der Waals surface area contributed by atoms with Crippen molar-refractivity contribution in [2.45, 2.75) is 90.0 Å². The van der Waals surface area contributed by atoms with Crippen LogP contribution in [0.5, 0.6) is 0 Å². The van der Waals surface area contributed by atoms with Crippen molar-refractivity contribution in [3.05, 3.63) is 29.8 Å². The van der Waals surface area contributed by atoms with E-state index in [9.17, 15) is 14.4 Å². The van der Waals surface area contributed by atoms with Gasteiger partial charge in [-0.3, -0.25) is 14.8 Å². The standard InChI is InChI=1S/C27H40N4O4/c1-25-13-19-14-26(2,16-25)18-27(15-19,17-25)30-24(34)29-21-10-8-20(9-11-21)23(33)28-12-6-4-3-5-7-22(32)31-35/h8-11,19,35H,3-7,12-18H2,1-2H3,(H,28,33)(H,31,32)(H2,29,30,34). The second kappa shape index (κ2) is 10.2. The molecule has 4 aliphatic rings. The zero-order chi connectivity index (χ0) is 25.1. The monoisotopic (exact) mass is 484 g/mol. The first kappa shape index (κ1) is 25.5. The molecule has 4 saturated carbocycles. The Bertz CT molecular complexity index is 929. The van der Waals surface area contributed by atoms with Crippen LogP contribution in [0.2, 0.25) is 0 Å². The highest BCUT2D eigenvalue weighted by molar-refractivity contribution is 5.95. The summed E-state index contributed by atoms with van der Waals surface area (Å²) in [5.74, 6) is 0.202. The average molecular weight is 485 g/mol. The summed E-state index contributed by atoms with van der Waals surface area (Å²) >= 11 is 0. The van der Waals surface area contributed by atoms with E-state index in [-0.39, 0.29) is 23.4 Å². The van der Waals surface area contributed by atoms with E-state index in [2.05, 4.69) is 29.8 Å². The fourth-order valence-corrected chi connectivity index (χ4v) is 7.82. The molecule has 35 heavy (non-hydrogen) atoms. The van der Waals surface area contributed by atoms with Gasteiger partial charge in [0.05, 0.1) is 0 Å². The molecule has 2 atom stereocenters. The predicted molar refractivity (Wildman–Crippen MR) is 134 cm³/mol. The van der Waals surface area contributed by atoms with Gasteiger partial charge >= 0.3 is 6.03 Å². The van der Waals surface area contributed by atoms with E-state index >= 15 is 0 Å². The second-order valence-corrected chi connectivity index (χ2v) is 12.0. The number of nitrogens with one attached hydrogen (secondary N) is 4. The van der Waals surface area contributed by atoms with E-state index < -0.39 is 0 Å². The quantitative estimate of drug-likeness (QED) is 0.187. The van der Waals surface area contributed by atoms with Crippen LogP contribution in [0.3, 0.4) is 0 Å². The lowest BCUT2D eigenvalue weighted by Crippen LogP contribution is -2.65. The number of anilines is 1. The lowest BCUT2D eigenvalue weighted by Gasteiger charge is -2.65.